The highest BCUT2D eigenvalue weighted by molar-refractivity contribution is 9.13. The van der Waals surface area contributed by atoms with E-state index in [0.29, 0.717) is 16.3 Å². The summed E-state index contributed by atoms with van der Waals surface area (Å²) in [6.07, 6.45) is 1.54. The van der Waals surface area contributed by atoms with Crippen LogP contribution in [0.2, 0.25) is 0 Å². The lowest BCUT2D eigenvalue weighted by Crippen LogP contribution is -2.06. The Kier molecular flexibility index (Phi) is 3.82. The molecule has 1 aliphatic heterocycles. The zero-order chi connectivity index (χ0) is 15.0. The van der Waals surface area contributed by atoms with Gasteiger partial charge in [-0.25, -0.2) is 9.79 Å². The van der Waals surface area contributed by atoms with E-state index in [1.54, 1.807) is 12.1 Å². The average molecular weight is 411 g/mol. The van der Waals surface area contributed by atoms with Gasteiger partial charge in [-0.2, -0.15) is 0 Å². The number of ether oxygens (including phenoxy) is 1. The summed E-state index contributed by atoms with van der Waals surface area (Å²) in [4.78, 5) is 16.1. The molecule has 0 radical (unpaired) electrons. The number of hydrogen-bond donors (Lipinski definition) is 0. The summed E-state index contributed by atoms with van der Waals surface area (Å²) in [7, 11) is 0. The van der Waals surface area contributed by atoms with E-state index in [-0.39, 0.29) is 5.70 Å². The van der Waals surface area contributed by atoms with E-state index in [2.05, 4.69) is 36.9 Å². The van der Waals surface area contributed by atoms with Crippen LogP contribution in [0, 0.1) is 6.92 Å². The summed E-state index contributed by atoms with van der Waals surface area (Å²) >= 11 is 6.56. The van der Waals surface area contributed by atoms with Crippen molar-refractivity contribution in [1.82, 2.24) is 0 Å². The van der Waals surface area contributed by atoms with E-state index in [9.17, 15) is 4.79 Å². The fraction of sp³-hybridized carbons (Fsp3) is 0.0667. The number of furan rings is 1. The van der Waals surface area contributed by atoms with Crippen LogP contribution in [0.4, 0.5) is 0 Å². The van der Waals surface area contributed by atoms with E-state index in [1.807, 2.05) is 31.2 Å². The largest absolute Gasteiger partial charge is 0.449 e. The Morgan fingerprint density at radius 2 is 2.00 bits per heavy atom. The maximum Gasteiger partial charge on any atom is 0.363 e. The zero-order valence-corrected chi connectivity index (χ0v) is 14.1. The smallest absolute Gasteiger partial charge is 0.363 e. The van der Waals surface area contributed by atoms with Crippen molar-refractivity contribution in [3.05, 3.63) is 62.1 Å². The Balaban J connectivity index is 1.97. The van der Waals surface area contributed by atoms with Crippen molar-refractivity contribution >= 4 is 49.8 Å². The Labute approximate surface area is 137 Å². The van der Waals surface area contributed by atoms with Crippen LogP contribution in [0.1, 0.15) is 16.9 Å². The number of esters is 1. The number of rotatable bonds is 2. The highest BCUT2D eigenvalue weighted by atomic mass is 79.9. The monoisotopic (exact) mass is 409 g/mol. The highest BCUT2D eigenvalue weighted by Crippen LogP contribution is 2.29. The molecule has 106 valence electrons. The van der Waals surface area contributed by atoms with E-state index < -0.39 is 5.97 Å². The predicted octanol–water partition coefficient (Wildman–Crippen LogP) is 4.46. The number of aryl methyl sites for hydroxylation is 1. The van der Waals surface area contributed by atoms with Crippen molar-refractivity contribution < 1.29 is 13.9 Å². The molecule has 0 aliphatic carbocycles. The van der Waals surface area contributed by atoms with Crippen molar-refractivity contribution in [3.8, 4) is 0 Å². The minimum atomic E-state index is -0.489. The van der Waals surface area contributed by atoms with Crippen LogP contribution in [0.25, 0.3) is 6.08 Å². The molecule has 21 heavy (non-hydrogen) atoms. The van der Waals surface area contributed by atoms with E-state index in [4.69, 9.17) is 9.15 Å². The Morgan fingerprint density at radius 3 is 2.67 bits per heavy atom. The number of benzene rings is 1. The summed E-state index contributed by atoms with van der Waals surface area (Å²) in [5, 5.41) is 0. The van der Waals surface area contributed by atoms with Crippen LogP contribution >= 0.6 is 31.9 Å². The lowest BCUT2D eigenvalue weighted by atomic mass is 10.1. The molecule has 4 nitrogen and oxygen atoms in total. The molecule has 0 saturated carbocycles. The second kappa shape index (κ2) is 5.61. The van der Waals surface area contributed by atoms with Crippen molar-refractivity contribution in [2.24, 2.45) is 4.99 Å². The number of cyclic esters (lactones) is 1. The highest BCUT2D eigenvalue weighted by Gasteiger charge is 2.25. The summed E-state index contributed by atoms with van der Waals surface area (Å²) in [5.41, 5.74) is 2.01. The first-order valence-electron chi connectivity index (χ1n) is 6.08. The van der Waals surface area contributed by atoms with Gasteiger partial charge < -0.3 is 9.15 Å². The number of carbonyl (C=O) groups is 1. The fourth-order valence-electron chi connectivity index (χ4n) is 1.91. The molecular formula is C15H9Br2NO3. The van der Waals surface area contributed by atoms with E-state index >= 15 is 0 Å². The third kappa shape index (κ3) is 2.87. The Hall–Kier alpha value is -1.66. The lowest BCUT2D eigenvalue weighted by molar-refractivity contribution is -0.129. The van der Waals surface area contributed by atoms with Crippen molar-refractivity contribution in [2.45, 2.75) is 6.92 Å². The SMILES string of the molecule is Cc1ccccc1C1=N/C(=C\c2cc(Br)c(Br)o2)C(=O)O1. The first-order chi connectivity index (χ1) is 10.0. The molecule has 0 bridgehead atoms. The molecule has 0 unspecified atom stereocenters. The number of halogens is 2. The van der Waals surface area contributed by atoms with Crippen LogP contribution in [-0.2, 0) is 9.53 Å². The standard InChI is InChI=1S/C15H9Br2NO3/c1-8-4-2-3-5-10(8)14-18-12(15(19)21-14)7-9-6-11(16)13(17)20-9/h2-7H,1H3/b12-7-. The molecule has 0 spiro atoms. The van der Waals surface area contributed by atoms with E-state index in [0.717, 1.165) is 15.6 Å². The molecule has 6 heteroatoms. The van der Waals surface area contributed by atoms with Gasteiger partial charge in [-0.15, -0.1) is 0 Å². The van der Waals surface area contributed by atoms with Gasteiger partial charge in [0.05, 0.1) is 4.47 Å². The zero-order valence-electron chi connectivity index (χ0n) is 10.9. The second-order valence-corrected chi connectivity index (χ2v) is 6.00. The fourth-order valence-corrected chi connectivity index (χ4v) is 2.51. The molecule has 0 amide bonds. The summed E-state index contributed by atoms with van der Waals surface area (Å²) in [5.74, 6) is 0.335. The molecule has 1 aliphatic rings. The number of nitrogens with zero attached hydrogens (tertiary/aromatic N) is 1. The first-order valence-corrected chi connectivity index (χ1v) is 7.66. The minimum absolute atomic E-state index is 0.210. The lowest BCUT2D eigenvalue weighted by Gasteiger charge is -2.02. The average Bonchev–Trinajstić information content (AvgIpc) is 2.95. The predicted molar refractivity (Wildman–Crippen MR) is 85.9 cm³/mol. The number of hydrogen-bond acceptors (Lipinski definition) is 4. The summed E-state index contributed by atoms with van der Waals surface area (Å²) < 4.78 is 12.0. The third-order valence-electron chi connectivity index (χ3n) is 2.94. The van der Waals surface area contributed by atoms with Gasteiger partial charge in [0, 0.05) is 11.6 Å². The van der Waals surface area contributed by atoms with Crippen molar-refractivity contribution in [1.29, 1.82) is 0 Å². The quantitative estimate of drug-likeness (QED) is 0.542. The van der Waals surface area contributed by atoms with Gasteiger partial charge in [0.2, 0.25) is 5.90 Å². The molecule has 0 atom stereocenters. The number of carbonyl (C=O) groups excluding carboxylic acids is 1. The van der Waals surface area contributed by atoms with Gasteiger partial charge in [-0.1, -0.05) is 18.2 Å². The number of aliphatic imine (C=N–C) groups is 1. The Morgan fingerprint density at radius 1 is 1.24 bits per heavy atom. The van der Waals surface area contributed by atoms with Gasteiger partial charge in [0.15, 0.2) is 10.4 Å². The molecule has 3 rings (SSSR count). The van der Waals surface area contributed by atoms with Crippen LogP contribution in [0.5, 0.6) is 0 Å². The molecule has 1 aromatic carbocycles. The van der Waals surface area contributed by atoms with Crippen molar-refractivity contribution in [2.75, 3.05) is 0 Å². The van der Waals surface area contributed by atoms with Gasteiger partial charge in [-0.05, 0) is 56.5 Å². The molecule has 0 fully saturated rings. The molecule has 0 saturated heterocycles. The van der Waals surface area contributed by atoms with Gasteiger partial charge in [0.1, 0.15) is 5.76 Å². The Bertz CT molecular complexity index is 770. The summed E-state index contributed by atoms with van der Waals surface area (Å²) in [6, 6.07) is 9.34. The topological polar surface area (TPSA) is 51.8 Å². The maximum atomic E-state index is 11.9. The first kappa shape index (κ1) is 14.3. The minimum Gasteiger partial charge on any atom is -0.449 e. The van der Waals surface area contributed by atoms with Crippen LogP contribution in [-0.4, -0.2) is 11.9 Å². The van der Waals surface area contributed by atoms with Gasteiger partial charge in [-0.3, -0.25) is 0 Å². The maximum absolute atomic E-state index is 11.9. The molecule has 2 aromatic rings. The van der Waals surface area contributed by atoms with Crippen LogP contribution < -0.4 is 0 Å². The summed E-state index contributed by atoms with van der Waals surface area (Å²) in [6.45, 7) is 1.94. The molecular weight excluding hydrogens is 402 g/mol. The van der Waals surface area contributed by atoms with Gasteiger partial charge >= 0.3 is 5.97 Å². The second-order valence-electron chi connectivity index (χ2n) is 4.42. The van der Waals surface area contributed by atoms with Crippen LogP contribution in [0.15, 0.2) is 54.6 Å². The molecule has 0 N–H and O–H groups in total. The van der Waals surface area contributed by atoms with Crippen LogP contribution in [0.3, 0.4) is 0 Å². The van der Waals surface area contributed by atoms with E-state index in [1.165, 1.54) is 0 Å². The third-order valence-corrected chi connectivity index (χ3v) is 4.65. The molecule has 2 heterocycles. The van der Waals surface area contributed by atoms with Crippen molar-refractivity contribution in [3.63, 3.8) is 0 Å². The normalized spacial score (nSPS) is 16.2. The van der Waals surface area contributed by atoms with Gasteiger partial charge in [0.25, 0.3) is 0 Å². The molecule has 1 aromatic heterocycles.